The van der Waals surface area contributed by atoms with Crippen molar-refractivity contribution in [2.24, 2.45) is 0 Å². The van der Waals surface area contributed by atoms with Gasteiger partial charge in [-0.15, -0.1) is 0 Å². The molecule has 0 saturated heterocycles. The molecule has 0 unspecified atom stereocenters. The fraction of sp³-hybridized carbons (Fsp3) is 0.667. The van der Waals surface area contributed by atoms with Gasteiger partial charge in [0.15, 0.2) is 0 Å². The Morgan fingerprint density at radius 1 is 1.31 bits per heavy atom. The highest BCUT2D eigenvalue weighted by Gasteiger charge is 1.94. The van der Waals surface area contributed by atoms with E-state index in [4.69, 9.17) is 13.9 Å². The lowest BCUT2D eigenvalue weighted by Crippen LogP contribution is -2.20. The van der Waals surface area contributed by atoms with E-state index in [0.29, 0.717) is 19.8 Å². The Morgan fingerprint density at radius 3 is 2.88 bits per heavy atom. The monoisotopic (exact) mass is 227 g/mol. The van der Waals surface area contributed by atoms with Gasteiger partial charge >= 0.3 is 0 Å². The second kappa shape index (κ2) is 8.33. The summed E-state index contributed by atoms with van der Waals surface area (Å²) < 4.78 is 15.7. The Hall–Kier alpha value is -0.840. The van der Waals surface area contributed by atoms with E-state index in [0.717, 1.165) is 18.7 Å². The lowest BCUT2D eigenvalue weighted by Gasteiger charge is -2.08. The van der Waals surface area contributed by atoms with E-state index in [1.165, 1.54) is 0 Å². The summed E-state index contributed by atoms with van der Waals surface area (Å²) in [7, 11) is 0. The number of furan rings is 1. The average Bonchev–Trinajstić information content (AvgIpc) is 2.74. The van der Waals surface area contributed by atoms with Gasteiger partial charge in [0, 0.05) is 18.7 Å². The van der Waals surface area contributed by atoms with Crippen molar-refractivity contribution in [3.05, 3.63) is 24.2 Å². The van der Waals surface area contributed by atoms with Gasteiger partial charge in [0.05, 0.1) is 38.5 Å². The third-order valence-electron chi connectivity index (χ3n) is 2.01. The summed E-state index contributed by atoms with van der Waals surface area (Å²) in [6.07, 6.45) is 3.70. The zero-order valence-corrected chi connectivity index (χ0v) is 10.1. The number of hydrogen-bond acceptors (Lipinski definition) is 4. The highest BCUT2D eigenvalue weighted by atomic mass is 16.5. The summed E-state index contributed by atoms with van der Waals surface area (Å²) in [4.78, 5) is 0. The third kappa shape index (κ3) is 6.61. The molecule has 0 aliphatic carbocycles. The van der Waals surface area contributed by atoms with Gasteiger partial charge < -0.3 is 19.2 Å². The summed E-state index contributed by atoms with van der Waals surface area (Å²) in [6, 6.07) is 1.95. The molecule has 0 aliphatic rings. The number of nitrogens with one attached hydrogen (secondary N) is 1. The van der Waals surface area contributed by atoms with E-state index in [2.05, 4.69) is 5.32 Å². The largest absolute Gasteiger partial charge is 0.472 e. The predicted molar refractivity (Wildman–Crippen MR) is 62.3 cm³/mol. The molecule has 0 bridgehead atoms. The van der Waals surface area contributed by atoms with Gasteiger partial charge in [-0.2, -0.15) is 0 Å². The lowest BCUT2D eigenvalue weighted by molar-refractivity contribution is 0.0204. The molecule has 16 heavy (non-hydrogen) atoms. The predicted octanol–water partition coefficient (Wildman–Crippen LogP) is 1.81. The Bertz CT molecular complexity index is 247. The fourth-order valence-corrected chi connectivity index (χ4v) is 1.22. The molecular formula is C12H21NO3. The average molecular weight is 227 g/mol. The molecule has 0 saturated carbocycles. The minimum absolute atomic E-state index is 0.280. The zero-order chi connectivity index (χ0) is 11.6. The van der Waals surface area contributed by atoms with Crippen molar-refractivity contribution in [1.29, 1.82) is 0 Å². The Kier molecular flexibility index (Phi) is 6.88. The van der Waals surface area contributed by atoms with E-state index < -0.39 is 0 Å². The van der Waals surface area contributed by atoms with Crippen LogP contribution in [0.1, 0.15) is 19.4 Å². The van der Waals surface area contributed by atoms with Crippen LogP contribution < -0.4 is 5.32 Å². The Morgan fingerprint density at radius 2 is 2.19 bits per heavy atom. The van der Waals surface area contributed by atoms with Gasteiger partial charge in [0.25, 0.3) is 0 Å². The standard InChI is InChI=1S/C12H21NO3/c1-11(2)16-8-7-14-6-4-13-9-12-3-5-15-10-12/h3,5,10-11,13H,4,6-9H2,1-2H3. The highest BCUT2D eigenvalue weighted by molar-refractivity contribution is 5.04. The van der Waals surface area contributed by atoms with Gasteiger partial charge in [-0.05, 0) is 19.9 Å². The zero-order valence-electron chi connectivity index (χ0n) is 10.1. The van der Waals surface area contributed by atoms with Crippen LogP contribution in [0.15, 0.2) is 23.0 Å². The molecule has 1 heterocycles. The van der Waals surface area contributed by atoms with Crippen molar-refractivity contribution < 1.29 is 13.9 Å². The number of ether oxygens (including phenoxy) is 2. The second-order valence-corrected chi connectivity index (χ2v) is 3.84. The Balaban J connectivity index is 1.82. The molecule has 92 valence electrons. The van der Waals surface area contributed by atoms with Crippen LogP contribution in [-0.2, 0) is 16.0 Å². The highest BCUT2D eigenvalue weighted by Crippen LogP contribution is 1.97. The second-order valence-electron chi connectivity index (χ2n) is 3.84. The molecule has 0 atom stereocenters. The molecule has 0 aliphatic heterocycles. The number of rotatable bonds is 9. The molecule has 1 aromatic heterocycles. The molecule has 4 heteroatoms. The van der Waals surface area contributed by atoms with Crippen molar-refractivity contribution in [3.63, 3.8) is 0 Å². The van der Waals surface area contributed by atoms with E-state index >= 15 is 0 Å². The van der Waals surface area contributed by atoms with Gasteiger partial charge in [-0.3, -0.25) is 0 Å². The van der Waals surface area contributed by atoms with Gasteiger partial charge in [0.1, 0.15) is 0 Å². The summed E-state index contributed by atoms with van der Waals surface area (Å²) in [6.45, 7) is 7.73. The van der Waals surface area contributed by atoms with Crippen LogP contribution in [-0.4, -0.2) is 32.5 Å². The SMILES string of the molecule is CC(C)OCCOCCNCc1ccoc1. The minimum Gasteiger partial charge on any atom is -0.472 e. The maximum atomic E-state index is 5.39. The van der Waals surface area contributed by atoms with E-state index in [9.17, 15) is 0 Å². The van der Waals surface area contributed by atoms with Gasteiger partial charge in [-0.25, -0.2) is 0 Å². The molecule has 0 fully saturated rings. The van der Waals surface area contributed by atoms with Crippen molar-refractivity contribution >= 4 is 0 Å². The smallest absolute Gasteiger partial charge is 0.0947 e. The molecular weight excluding hydrogens is 206 g/mol. The van der Waals surface area contributed by atoms with E-state index in [1.54, 1.807) is 12.5 Å². The van der Waals surface area contributed by atoms with Crippen molar-refractivity contribution in [2.75, 3.05) is 26.4 Å². The van der Waals surface area contributed by atoms with Crippen LogP contribution in [0.5, 0.6) is 0 Å². The topological polar surface area (TPSA) is 43.6 Å². The van der Waals surface area contributed by atoms with Crippen molar-refractivity contribution in [2.45, 2.75) is 26.5 Å². The van der Waals surface area contributed by atoms with Crippen LogP contribution in [0.25, 0.3) is 0 Å². The summed E-state index contributed by atoms with van der Waals surface area (Å²) in [5, 5.41) is 3.26. The molecule has 0 aromatic carbocycles. The van der Waals surface area contributed by atoms with Crippen LogP contribution in [0.4, 0.5) is 0 Å². The van der Waals surface area contributed by atoms with E-state index in [-0.39, 0.29) is 6.10 Å². The molecule has 0 spiro atoms. The van der Waals surface area contributed by atoms with Crippen LogP contribution in [0, 0.1) is 0 Å². The minimum atomic E-state index is 0.280. The van der Waals surface area contributed by atoms with Crippen LogP contribution in [0.2, 0.25) is 0 Å². The maximum Gasteiger partial charge on any atom is 0.0947 e. The normalized spacial score (nSPS) is 11.2. The van der Waals surface area contributed by atoms with Gasteiger partial charge in [-0.1, -0.05) is 0 Å². The molecule has 4 nitrogen and oxygen atoms in total. The number of hydrogen-bond donors (Lipinski definition) is 1. The third-order valence-corrected chi connectivity index (χ3v) is 2.01. The van der Waals surface area contributed by atoms with E-state index in [1.807, 2.05) is 19.9 Å². The lowest BCUT2D eigenvalue weighted by atomic mass is 10.3. The summed E-state index contributed by atoms with van der Waals surface area (Å²) >= 11 is 0. The first-order valence-electron chi connectivity index (χ1n) is 5.70. The molecule has 1 rings (SSSR count). The Labute approximate surface area is 96.9 Å². The maximum absolute atomic E-state index is 5.39. The molecule has 1 N–H and O–H groups in total. The van der Waals surface area contributed by atoms with Crippen LogP contribution >= 0.6 is 0 Å². The summed E-state index contributed by atoms with van der Waals surface area (Å²) in [5.74, 6) is 0. The fourth-order valence-electron chi connectivity index (χ4n) is 1.22. The molecule has 0 radical (unpaired) electrons. The quantitative estimate of drug-likeness (QED) is 0.653. The first-order valence-corrected chi connectivity index (χ1v) is 5.70. The molecule has 0 amide bonds. The first kappa shape index (κ1) is 13.2. The first-order chi connectivity index (χ1) is 7.79. The van der Waals surface area contributed by atoms with Crippen molar-refractivity contribution in [3.8, 4) is 0 Å². The molecule has 1 aromatic rings. The van der Waals surface area contributed by atoms with Gasteiger partial charge in [0.2, 0.25) is 0 Å². The van der Waals surface area contributed by atoms with Crippen LogP contribution in [0.3, 0.4) is 0 Å². The summed E-state index contributed by atoms with van der Waals surface area (Å²) in [5.41, 5.74) is 1.16. The van der Waals surface area contributed by atoms with Crippen molar-refractivity contribution in [1.82, 2.24) is 5.32 Å².